The fourth-order valence-electron chi connectivity index (χ4n) is 2.77. The van der Waals surface area contributed by atoms with E-state index in [1.807, 2.05) is 18.2 Å². The number of nitrogens with one attached hydrogen (secondary N) is 1. The lowest BCUT2D eigenvalue weighted by atomic mass is 10.1. The molecule has 2 heterocycles. The van der Waals surface area contributed by atoms with Gasteiger partial charge in [-0.2, -0.15) is 0 Å². The number of fused-ring (bicyclic) bond motifs is 1. The Labute approximate surface area is 153 Å². The average molecular weight is 376 g/mol. The van der Waals surface area contributed by atoms with E-state index in [0.29, 0.717) is 18.0 Å². The fraction of sp³-hybridized carbons (Fsp3) is 0.294. The first-order chi connectivity index (χ1) is 12.4. The van der Waals surface area contributed by atoms with Gasteiger partial charge in [-0.3, -0.25) is 18.7 Å². The molecule has 0 spiro atoms. The fourth-order valence-corrected chi connectivity index (χ4v) is 2.98. The molecule has 3 aromatic rings. The largest absolute Gasteiger partial charge is 0.354 e. The van der Waals surface area contributed by atoms with Gasteiger partial charge in [0.2, 0.25) is 5.91 Å². The lowest BCUT2D eigenvalue weighted by molar-refractivity contribution is -0.121. The Balaban J connectivity index is 1.72. The van der Waals surface area contributed by atoms with Crippen molar-refractivity contribution < 1.29 is 4.79 Å². The molecule has 136 valence electrons. The molecule has 1 amide bonds. The van der Waals surface area contributed by atoms with Gasteiger partial charge in [-0.15, -0.1) is 0 Å². The second-order valence-corrected chi connectivity index (χ2v) is 6.42. The summed E-state index contributed by atoms with van der Waals surface area (Å²) < 4.78 is 3.73. The molecule has 1 N–H and O–H groups in total. The normalized spacial score (nSPS) is 11.0. The zero-order chi connectivity index (χ0) is 18.8. The first kappa shape index (κ1) is 17.9. The van der Waals surface area contributed by atoms with Crippen LogP contribution in [0.15, 0.2) is 40.2 Å². The highest BCUT2D eigenvalue weighted by Gasteiger charge is 2.15. The molecule has 0 fully saturated rings. The van der Waals surface area contributed by atoms with E-state index in [-0.39, 0.29) is 23.6 Å². The summed E-state index contributed by atoms with van der Waals surface area (Å²) in [5, 5.41) is 3.46. The van der Waals surface area contributed by atoms with E-state index < -0.39 is 11.2 Å². The van der Waals surface area contributed by atoms with Crippen molar-refractivity contribution in [2.45, 2.75) is 13.0 Å². The topological polar surface area (TPSA) is 90.9 Å². The minimum Gasteiger partial charge on any atom is -0.354 e. The SMILES string of the molecule is Cn1c(=O)c2c(ncn2CC(=O)NCCc2cccc(Cl)c2)n(C)c1=O. The van der Waals surface area contributed by atoms with Crippen molar-refractivity contribution in [3.8, 4) is 0 Å². The van der Waals surface area contributed by atoms with Gasteiger partial charge < -0.3 is 9.88 Å². The average Bonchev–Trinajstić information content (AvgIpc) is 3.02. The standard InChI is InChI=1S/C17H18ClN5O3/c1-21-15-14(16(25)22(2)17(21)26)23(10-20-15)9-13(24)19-7-6-11-4-3-5-12(18)8-11/h3-5,8,10H,6-7,9H2,1-2H3,(H,19,24). The Morgan fingerprint density at radius 3 is 2.73 bits per heavy atom. The molecule has 0 bridgehead atoms. The van der Waals surface area contributed by atoms with Gasteiger partial charge in [0.15, 0.2) is 11.2 Å². The molecule has 0 saturated heterocycles. The highest BCUT2D eigenvalue weighted by molar-refractivity contribution is 6.30. The summed E-state index contributed by atoms with van der Waals surface area (Å²) in [6.45, 7) is 0.391. The van der Waals surface area contributed by atoms with Gasteiger partial charge in [-0.25, -0.2) is 9.78 Å². The third-order valence-electron chi connectivity index (χ3n) is 4.16. The van der Waals surface area contributed by atoms with E-state index >= 15 is 0 Å². The van der Waals surface area contributed by atoms with Crippen LogP contribution < -0.4 is 16.6 Å². The Kier molecular flexibility index (Phi) is 4.94. The number of carbonyl (C=O) groups is 1. The maximum atomic E-state index is 12.3. The maximum Gasteiger partial charge on any atom is 0.332 e. The third-order valence-corrected chi connectivity index (χ3v) is 4.39. The minimum absolute atomic E-state index is 0.0561. The van der Waals surface area contributed by atoms with Gasteiger partial charge in [-0.05, 0) is 24.1 Å². The van der Waals surface area contributed by atoms with Crippen LogP contribution in [-0.4, -0.2) is 31.1 Å². The molecule has 0 unspecified atom stereocenters. The zero-order valence-corrected chi connectivity index (χ0v) is 15.2. The van der Waals surface area contributed by atoms with Crippen molar-refractivity contribution in [2.24, 2.45) is 14.1 Å². The number of benzene rings is 1. The number of hydrogen-bond donors (Lipinski definition) is 1. The predicted molar refractivity (Wildman–Crippen MR) is 98.4 cm³/mol. The molecule has 0 aliphatic carbocycles. The number of halogens is 1. The summed E-state index contributed by atoms with van der Waals surface area (Å²) >= 11 is 5.93. The molecule has 2 aromatic heterocycles. The van der Waals surface area contributed by atoms with Crippen molar-refractivity contribution in [2.75, 3.05) is 6.54 Å². The number of hydrogen-bond acceptors (Lipinski definition) is 4. The molecular formula is C17H18ClN5O3. The monoisotopic (exact) mass is 375 g/mol. The Hall–Kier alpha value is -2.87. The van der Waals surface area contributed by atoms with Crippen molar-refractivity contribution >= 4 is 28.7 Å². The van der Waals surface area contributed by atoms with Crippen molar-refractivity contribution in [1.82, 2.24) is 24.0 Å². The van der Waals surface area contributed by atoms with Crippen LogP contribution >= 0.6 is 11.6 Å². The van der Waals surface area contributed by atoms with Crippen LogP contribution in [0.2, 0.25) is 5.02 Å². The van der Waals surface area contributed by atoms with Crippen molar-refractivity contribution in [3.05, 3.63) is 62.0 Å². The maximum absolute atomic E-state index is 12.3. The van der Waals surface area contributed by atoms with Gasteiger partial charge in [0.1, 0.15) is 6.54 Å². The van der Waals surface area contributed by atoms with Gasteiger partial charge in [-0.1, -0.05) is 23.7 Å². The number of nitrogens with zero attached hydrogens (tertiary/aromatic N) is 4. The summed E-state index contributed by atoms with van der Waals surface area (Å²) in [7, 11) is 2.93. The number of carbonyl (C=O) groups excluding carboxylic acids is 1. The summed E-state index contributed by atoms with van der Waals surface area (Å²) in [5.41, 5.74) is 0.560. The first-order valence-electron chi connectivity index (χ1n) is 8.00. The minimum atomic E-state index is -0.479. The van der Waals surface area contributed by atoms with E-state index in [1.165, 1.54) is 29.6 Å². The zero-order valence-electron chi connectivity index (χ0n) is 14.4. The van der Waals surface area contributed by atoms with Crippen LogP contribution in [0.1, 0.15) is 5.56 Å². The van der Waals surface area contributed by atoms with Crippen molar-refractivity contribution in [3.63, 3.8) is 0 Å². The van der Waals surface area contributed by atoms with Crippen LogP contribution in [-0.2, 0) is 31.9 Å². The summed E-state index contributed by atoms with van der Waals surface area (Å²) in [5.74, 6) is -0.248. The Morgan fingerprint density at radius 2 is 2.00 bits per heavy atom. The van der Waals surface area contributed by atoms with Crippen LogP contribution in [0.3, 0.4) is 0 Å². The number of amides is 1. The molecule has 26 heavy (non-hydrogen) atoms. The molecule has 0 atom stereocenters. The van der Waals surface area contributed by atoms with Crippen molar-refractivity contribution in [1.29, 1.82) is 0 Å². The predicted octanol–water partition coefficient (Wildman–Crippen LogP) is 0.446. The molecule has 9 heteroatoms. The van der Waals surface area contributed by atoms with Gasteiger partial charge in [0, 0.05) is 25.7 Å². The quantitative estimate of drug-likeness (QED) is 0.700. The molecule has 0 radical (unpaired) electrons. The Bertz CT molecular complexity index is 1100. The lowest BCUT2D eigenvalue weighted by Gasteiger charge is -2.08. The molecule has 0 saturated carbocycles. The van der Waals surface area contributed by atoms with Gasteiger partial charge in [0.05, 0.1) is 6.33 Å². The molecule has 0 aliphatic rings. The highest BCUT2D eigenvalue weighted by Crippen LogP contribution is 2.10. The van der Waals surface area contributed by atoms with E-state index in [4.69, 9.17) is 11.6 Å². The first-order valence-corrected chi connectivity index (χ1v) is 8.38. The van der Waals surface area contributed by atoms with E-state index in [9.17, 15) is 14.4 Å². The number of aromatic nitrogens is 4. The van der Waals surface area contributed by atoms with E-state index in [0.717, 1.165) is 10.1 Å². The molecule has 3 rings (SSSR count). The molecule has 0 aliphatic heterocycles. The summed E-state index contributed by atoms with van der Waals surface area (Å²) in [4.78, 5) is 40.5. The number of rotatable bonds is 5. The molecule has 1 aromatic carbocycles. The number of aryl methyl sites for hydroxylation is 1. The highest BCUT2D eigenvalue weighted by atomic mass is 35.5. The molecular weight excluding hydrogens is 358 g/mol. The van der Waals surface area contributed by atoms with Crippen LogP contribution in [0, 0.1) is 0 Å². The van der Waals surface area contributed by atoms with Crippen LogP contribution in [0.25, 0.3) is 11.2 Å². The third kappa shape index (κ3) is 3.41. The van der Waals surface area contributed by atoms with E-state index in [1.54, 1.807) is 6.07 Å². The second-order valence-electron chi connectivity index (χ2n) is 5.98. The van der Waals surface area contributed by atoms with Gasteiger partial charge in [0.25, 0.3) is 5.56 Å². The van der Waals surface area contributed by atoms with Crippen LogP contribution in [0.4, 0.5) is 0 Å². The molecule has 8 nitrogen and oxygen atoms in total. The summed E-state index contributed by atoms with van der Waals surface area (Å²) in [6.07, 6.45) is 2.04. The lowest BCUT2D eigenvalue weighted by Crippen LogP contribution is -2.38. The van der Waals surface area contributed by atoms with Gasteiger partial charge >= 0.3 is 5.69 Å². The summed E-state index contributed by atoms with van der Waals surface area (Å²) in [6, 6.07) is 7.44. The Morgan fingerprint density at radius 1 is 1.23 bits per heavy atom. The van der Waals surface area contributed by atoms with E-state index in [2.05, 4.69) is 10.3 Å². The second kappa shape index (κ2) is 7.17. The number of imidazole rings is 1. The smallest absolute Gasteiger partial charge is 0.332 e. The van der Waals surface area contributed by atoms with Crippen LogP contribution in [0.5, 0.6) is 0 Å².